The summed E-state index contributed by atoms with van der Waals surface area (Å²) in [4.78, 5) is 11.0. The van der Waals surface area contributed by atoms with E-state index in [1.54, 1.807) is 6.07 Å². The van der Waals surface area contributed by atoms with Gasteiger partial charge in [-0.15, -0.1) is 0 Å². The van der Waals surface area contributed by atoms with E-state index >= 15 is 0 Å². The van der Waals surface area contributed by atoms with E-state index in [0.29, 0.717) is 11.4 Å². The van der Waals surface area contributed by atoms with Gasteiger partial charge in [0.2, 0.25) is 0 Å². The molecule has 0 radical (unpaired) electrons. The predicted molar refractivity (Wildman–Crippen MR) is 67.5 cm³/mol. The summed E-state index contributed by atoms with van der Waals surface area (Å²) in [6.45, 7) is 5.54. The van der Waals surface area contributed by atoms with Gasteiger partial charge in [0.1, 0.15) is 0 Å². The summed E-state index contributed by atoms with van der Waals surface area (Å²) in [7, 11) is 0. The zero-order valence-electron chi connectivity index (χ0n) is 10.2. The first kappa shape index (κ1) is 14.0. The number of aliphatic carboxylic acids is 1. The molecule has 1 aromatic carbocycles. The Hall–Kier alpha value is -1.06. The standard InChI is InChI=1S/C13H17ClO3/c1-8(2)17-12(13(15)16)7-10-5-4-9(3)11(14)6-10/h4-6,8,12H,7H2,1-3H3,(H,15,16). The number of halogens is 1. The fraction of sp³-hybridized carbons (Fsp3) is 0.462. The van der Waals surface area contributed by atoms with E-state index < -0.39 is 12.1 Å². The second kappa shape index (κ2) is 6.03. The molecule has 1 rings (SSSR count). The topological polar surface area (TPSA) is 46.5 Å². The third-order valence-corrected chi connectivity index (χ3v) is 2.78. The minimum absolute atomic E-state index is 0.114. The lowest BCUT2D eigenvalue weighted by Crippen LogP contribution is -2.29. The van der Waals surface area contributed by atoms with Crippen LogP contribution in [0, 0.1) is 6.92 Å². The van der Waals surface area contributed by atoms with Gasteiger partial charge >= 0.3 is 5.97 Å². The van der Waals surface area contributed by atoms with Gasteiger partial charge in [-0.05, 0) is 38.0 Å². The van der Waals surface area contributed by atoms with Gasteiger partial charge in [0.15, 0.2) is 6.10 Å². The first-order chi connectivity index (χ1) is 7.90. The van der Waals surface area contributed by atoms with Crippen molar-refractivity contribution < 1.29 is 14.6 Å². The zero-order chi connectivity index (χ0) is 13.0. The van der Waals surface area contributed by atoms with E-state index in [1.165, 1.54) is 0 Å². The van der Waals surface area contributed by atoms with Crippen LogP contribution < -0.4 is 0 Å². The van der Waals surface area contributed by atoms with Gasteiger partial charge < -0.3 is 9.84 Å². The quantitative estimate of drug-likeness (QED) is 0.881. The summed E-state index contributed by atoms with van der Waals surface area (Å²) in [6, 6.07) is 5.54. The third-order valence-electron chi connectivity index (χ3n) is 2.37. The average molecular weight is 257 g/mol. The molecule has 0 aliphatic heterocycles. The molecule has 0 bridgehead atoms. The van der Waals surface area contributed by atoms with Crippen LogP contribution in [0.1, 0.15) is 25.0 Å². The number of hydrogen-bond donors (Lipinski definition) is 1. The summed E-state index contributed by atoms with van der Waals surface area (Å²) in [6.07, 6.45) is -0.612. The minimum atomic E-state index is -0.949. The van der Waals surface area contributed by atoms with E-state index in [9.17, 15) is 4.79 Å². The van der Waals surface area contributed by atoms with Crippen LogP contribution in [0.5, 0.6) is 0 Å². The smallest absolute Gasteiger partial charge is 0.333 e. The second-order valence-electron chi connectivity index (χ2n) is 4.30. The van der Waals surface area contributed by atoms with Crippen molar-refractivity contribution in [2.24, 2.45) is 0 Å². The van der Waals surface area contributed by atoms with Crippen molar-refractivity contribution in [1.82, 2.24) is 0 Å². The van der Waals surface area contributed by atoms with Crippen molar-refractivity contribution in [3.05, 3.63) is 34.3 Å². The molecule has 1 unspecified atom stereocenters. The van der Waals surface area contributed by atoms with E-state index in [-0.39, 0.29) is 6.10 Å². The van der Waals surface area contributed by atoms with E-state index in [1.807, 2.05) is 32.9 Å². The Morgan fingerprint density at radius 2 is 2.12 bits per heavy atom. The second-order valence-corrected chi connectivity index (χ2v) is 4.71. The molecule has 0 spiro atoms. The molecule has 0 aromatic heterocycles. The lowest BCUT2D eigenvalue weighted by molar-refractivity contribution is -0.153. The largest absolute Gasteiger partial charge is 0.479 e. The molecule has 17 heavy (non-hydrogen) atoms. The van der Waals surface area contributed by atoms with Crippen LogP contribution in [-0.2, 0) is 16.0 Å². The van der Waals surface area contributed by atoms with Crippen molar-refractivity contribution in [3.63, 3.8) is 0 Å². The molecule has 0 heterocycles. The van der Waals surface area contributed by atoms with Crippen molar-refractivity contribution in [2.75, 3.05) is 0 Å². The number of rotatable bonds is 5. The molecule has 0 aliphatic carbocycles. The highest BCUT2D eigenvalue weighted by Crippen LogP contribution is 2.18. The molecule has 3 nitrogen and oxygen atoms in total. The van der Waals surface area contributed by atoms with Crippen LogP contribution in [0.15, 0.2) is 18.2 Å². The van der Waals surface area contributed by atoms with Crippen molar-refractivity contribution >= 4 is 17.6 Å². The number of ether oxygens (including phenoxy) is 1. The van der Waals surface area contributed by atoms with Crippen molar-refractivity contribution in [2.45, 2.75) is 39.4 Å². The van der Waals surface area contributed by atoms with E-state index in [2.05, 4.69) is 0 Å². The van der Waals surface area contributed by atoms with Gasteiger partial charge in [-0.2, -0.15) is 0 Å². The Morgan fingerprint density at radius 3 is 2.59 bits per heavy atom. The monoisotopic (exact) mass is 256 g/mol. The van der Waals surface area contributed by atoms with Gasteiger partial charge in [-0.1, -0.05) is 23.7 Å². The van der Waals surface area contributed by atoms with Crippen LogP contribution in [0.2, 0.25) is 5.02 Å². The molecule has 0 aliphatic rings. The summed E-state index contributed by atoms with van der Waals surface area (Å²) < 4.78 is 5.34. The number of carboxylic acids is 1. The average Bonchev–Trinajstić information content (AvgIpc) is 2.21. The molecular weight excluding hydrogens is 240 g/mol. The van der Waals surface area contributed by atoms with Crippen LogP contribution in [0.4, 0.5) is 0 Å². The van der Waals surface area contributed by atoms with Gasteiger partial charge in [0, 0.05) is 11.4 Å². The van der Waals surface area contributed by atoms with Gasteiger partial charge in [0.05, 0.1) is 6.10 Å². The first-order valence-corrected chi connectivity index (χ1v) is 5.91. The first-order valence-electron chi connectivity index (χ1n) is 5.53. The lowest BCUT2D eigenvalue weighted by Gasteiger charge is -2.16. The summed E-state index contributed by atoms with van der Waals surface area (Å²) in [5.41, 5.74) is 1.85. The molecule has 0 saturated carbocycles. The molecule has 0 saturated heterocycles. The highest BCUT2D eigenvalue weighted by molar-refractivity contribution is 6.31. The Bertz CT molecular complexity index is 402. The fourth-order valence-electron chi connectivity index (χ4n) is 1.50. The predicted octanol–water partition coefficient (Wildman–Crippen LogP) is 3.07. The summed E-state index contributed by atoms with van der Waals surface area (Å²) >= 11 is 5.99. The maximum atomic E-state index is 11.0. The van der Waals surface area contributed by atoms with Gasteiger partial charge in [0.25, 0.3) is 0 Å². The Balaban J connectivity index is 2.78. The molecule has 0 fully saturated rings. The maximum Gasteiger partial charge on any atom is 0.333 e. The minimum Gasteiger partial charge on any atom is -0.479 e. The van der Waals surface area contributed by atoms with Crippen LogP contribution >= 0.6 is 11.6 Å². The van der Waals surface area contributed by atoms with Crippen molar-refractivity contribution in [1.29, 1.82) is 0 Å². The van der Waals surface area contributed by atoms with Gasteiger partial charge in [-0.3, -0.25) is 0 Å². The zero-order valence-corrected chi connectivity index (χ0v) is 11.0. The maximum absolute atomic E-state index is 11.0. The van der Waals surface area contributed by atoms with Crippen LogP contribution in [0.25, 0.3) is 0 Å². The molecular formula is C13H17ClO3. The number of carbonyl (C=O) groups is 1. The number of hydrogen-bond acceptors (Lipinski definition) is 2. The molecule has 1 atom stereocenters. The normalized spacial score (nSPS) is 12.8. The number of benzene rings is 1. The van der Waals surface area contributed by atoms with E-state index in [0.717, 1.165) is 11.1 Å². The van der Waals surface area contributed by atoms with Crippen LogP contribution in [-0.4, -0.2) is 23.3 Å². The summed E-state index contributed by atoms with van der Waals surface area (Å²) in [5.74, 6) is -0.949. The van der Waals surface area contributed by atoms with E-state index in [4.69, 9.17) is 21.4 Å². The summed E-state index contributed by atoms with van der Waals surface area (Å²) in [5, 5.41) is 9.70. The highest BCUT2D eigenvalue weighted by atomic mass is 35.5. The lowest BCUT2D eigenvalue weighted by atomic mass is 10.1. The van der Waals surface area contributed by atoms with Crippen molar-refractivity contribution in [3.8, 4) is 0 Å². The number of aryl methyl sites for hydroxylation is 1. The molecule has 4 heteroatoms. The Kier molecular flexibility index (Phi) is 4.97. The van der Waals surface area contributed by atoms with Crippen LogP contribution in [0.3, 0.4) is 0 Å². The Morgan fingerprint density at radius 1 is 1.47 bits per heavy atom. The Labute approximate surface area is 106 Å². The third kappa shape index (κ3) is 4.36. The SMILES string of the molecule is Cc1ccc(CC(OC(C)C)C(=O)O)cc1Cl. The molecule has 1 aromatic rings. The highest BCUT2D eigenvalue weighted by Gasteiger charge is 2.20. The number of carboxylic acid groups (broad SMARTS) is 1. The fourth-order valence-corrected chi connectivity index (χ4v) is 1.70. The molecule has 1 N–H and O–H groups in total. The molecule has 0 amide bonds. The van der Waals surface area contributed by atoms with Gasteiger partial charge in [-0.25, -0.2) is 4.79 Å². The molecule has 94 valence electrons.